The zero-order chi connectivity index (χ0) is 16.6. The fraction of sp³-hybridized carbons (Fsp3) is 0.333. The fourth-order valence-corrected chi connectivity index (χ4v) is 3.00. The molecular formula is C15H17N5O3. The van der Waals surface area contributed by atoms with E-state index < -0.39 is 4.92 Å². The number of nitrogens with zero attached hydrogens (tertiary/aromatic N) is 3. The second-order valence-electron chi connectivity index (χ2n) is 5.69. The van der Waals surface area contributed by atoms with Crippen molar-refractivity contribution in [2.24, 2.45) is 0 Å². The van der Waals surface area contributed by atoms with Crippen LogP contribution in [0.25, 0.3) is 0 Å². The summed E-state index contributed by atoms with van der Waals surface area (Å²) < 4.78 is 0. The number of hydrogen-bond donors (Lipinski definition) is 2. The summed E-state index contributed by atoms with van der Waals surface area (Å²) >= 11 is 0. The fourth-order valence-electron chi connectivity index (χ4n) is 3.00. The van der Waals surface area contributed by atoms with Crippen LogP contribution in [0.5, 0.6) is 0 Å². The average Bonchev–Trinajstić information content (AvgIpc) is 3.14. The van der Waals surface area contributed by atoms with E-state index in [4.69, 9.17) is 5.73 Å². The Morgan fingerprint density at radius 3 is 2.91 bits per heavy atom. The van der Waals surface area contributed by atoms with E-state index in [-0.39, 0.29) is 17.4 Å². The van der Waals surface area contributed by atoms with E-state index in [1.807, 2.05) is 4.90 Å². The number of ketones is 1. The first kappa shape index (κ1) is 15.0. The summed E-state index contributed by atoms with van der Waals surface area (Å²) in [7, 11) is 0. The van der Waals surface area contributed by atoms with Gasteiger partial charge in [-0.15, -0.1) is 0 Å². The Labute approximate surface area is 132 Å². The van der Waals surface area contributed by atoms with Crippen molar-refractivity contribution in [1.82, 2.24) is 10.2 Å². The van der Waals surface area contributed by atoms with Crippen LogP contribution < -0.4 is 10.6 Å². The van der Waals surface area contributed by atoms with Crippen LogP contribution in [0.4, 0.5) is 17.1 Å². The first-order valence-electron chi connectivity index (χ1n) is 7.30. The van der Waals surface area contributed by atoms with Crippen LogP contribution >= 0.6 is 0 Å². The maximum atomic E-state index is 11.4. The quantitative estimate of drug-likeness (QED) is 0.506. The van der Waals surface area contributed by atoms with E-state index in [1.165, 1.54) is 13.0 Å². The number of nitro groups is 1. The molecule has 2 aromatic rings. The highest BCUT2D eigenvalue weighted by atomic mass is 16.6. The van der Waals surface area contributed by atoms with Crippen LogP contribution in [-0.4, -0.2) is 34.0 Å². The third-order valence-corrected chi connectivity index (χ3v) is 4.22. The number of rotatable bonds is 4. The van der Waals surface area contributed by atoms with Crippen molar-refractivity contribution >= 4 is 22.8 Å². The molecule has 0 bridgehead atoms. The Balaban J connectivity index is 1.89. The maximum Gasteiger partial charge on any atom is 0.293 e. The largest absolute Gasteiger partial charge is 0.396 e. The molecule has 1 aromatic heterocycles. The van der Waals surface area contributed by atoms with E-state index in [1.54, 1.807) is 18.3 Å². The van der Waals surface area contributed by atoms with Crippen LogP contribution in [0.3, 0.4) is 0 Å². The number of anilines is 2. The molecule has 0 aliphatic carbocycles. The molecule has 2 heterocycles. The van der Waals surface area contributed by atoms with Crippen LogP contribution in [0, 0.1) is 10.1 Å². The van der Waals surface area contributed by atoms with Gasteiger partial charge in [0.25, 0.3) is 5.69 Å². The smallest absolute Gasteiger partial charge is 0.293 e. The van der Waals surface area contributed by atoms with Crippen molar-refractivity contribution in [3.63, 3.8) is 0 Å². The van der Waals surface area contributed by atoms with Crippen LogP contribution in [0.15, 0.2) is 24.4 Å². The Bertz CT molecular complexity index is 770. The van der Waals surface area contributed by atoms with Crippen molar-refractivity contribution in [1.29, 1.82) is 0 Å². The minimum Gasteiger partial charge on any atom is -0.396 e. The number of aromatic nitrogens is 2. The third kappa shape index (κ3) is 2.75. The number of nitro benzene ring substituents is 1. The van der Waals surface area contributed by atoms with Gasteiger partial charge in [-0.1, -0.05) is 0 Å². The number of H-pyrrole nitrogens is 1. The molecule has 23 heavy (non-hydrogen) atoms. The molecule has 0 spiro atoms. The summed E-state index contributed by atoms with van der Waals surface area (Å²) in [5.74, 6) is -0.0335. The zero-order valence-corrected chi connectivity index (χ0v) is 12.7. The van der Waals surface area contributed by atoms with E-state index in [0.29, 0.717) is 30.0 Å². The summed E-state index contributed by atoms with van der Waals surface area (Å²) in [5, 5.41) is 18.2. The number of Topliss-reactive ketones (excluding diaryl/α,β-unsaturated/α-hetero) is 1. The van der Waals surface area contributed by atoms with Crippen molar-refractivity contribution in [3.8, 4) is 0 Å². The summed E-state index contributed by atoms with van der Waals surface area (Å²) in [5.41, 5.74) is 8.18. The molecule has 1 aliphatic heterocycles. The van der Waals surface area contributed by atoms with Gasteiger partial charge in [-0.2, -0.15) is 5.10 Å². The minimum absolute atomic E-state index is 0.0454. The monoisotopic (exact) mass is 315 g/mol. The predicted molar refractivity (Wildman–Crippen MR) is 85.7 cm³/mol. The van der Waals surface area contributed by atoms with E-state index in [9.17, 15) is 14.9 Å². The Morgan fingerprint density at radius 1 is 1.52 bits per heavy atom. The number of carbonyl (C=O) groups excluding carboxylic acids is 1. The summed E-state index contributed by atoms with van der Waals surface area (Å²) in [6.07, 6.45) is 2.40. The van der Waals surface area contributed by atoms with Crippen LogP contribution in [-0.2, 0) is 0 Å². The SMILES string of the molecule is CC(=O)c1ccc(N2CCC(c3[nH]ncc3N)C2)c([N+](=O)[O-])c1. The summed E-state index contributed by atoms with van der Waals surface area (Å²) in [6, 6.07) is 4.62. The number of nitrogens with one attached hydrogen (secondary N) is 1. The molecule has 1 atom stereocenters. The Kier molecular flexibility index (Phi) is 3.73. The molecule has 1 aliphatic rings. The molecular weight excluding hydrogens is 298 g/mol. The number of hydrogen-bond acceptors (Lipinski definition) is 6. The standard InChI is InChI=1S/C15H17N5O3/c1-9(21)10-2-3-13(14(6-10)20(22)23)19-5-4-11(8-19)15-12(16)7-17-18-15/h2-3,6-7,11H,4-5,8,16H2,1H3,(H,17,18). The number of nitrogen functional groups attached to an aromatic ring is 1. The van der Waals surface area contributed by atoms with Gasteiger partial charge >= 0.3 is 0 Å². The van der Waals surface area contributed by atoms with Gasteiger partial charge in [0.1, 0.15) is 5.69 Å². The molecule has 1 saturated heterocycles. The lowest BCUT2D eigenvalue weighted by Crippen LogP contribution is -2.20. The molecule has 120 valence electrons. The van der Waals surface area contributed by atoms with Gasteiger partial charge in [-0.05, 0) is 25.5 Å². The lowest BCUT2D eigenvalue weighted by atomic mass is 10.0. The Morgan fingerprint density at radius 2 is 2.30 bits per heavy atom. The first-order chi connectivity index (χ1) is 11.0. The van der Waals surface area contributed by atoms with Gasteiger partial charge in [-0.3, -0.25) is 20.0 Å². The molecule has 0 amide bonds. The van der Waals surface area contributed by atoms with Gasteiger partial charge in [0.05, 0.1) is 22.5 Å². The van der Waals surface area contributed by atoms with E-state index in [2.05, 4.69) is 10.2 Å². The second kappa shape index (κ2) is 5.71. The zero-order valence-electron chi connectivity index (χ0n) is 12.7. The molecule has 1 unspecified atom stereocenters. The van der Waals surface area contributed by atoms with Crippen molar-refractivity contribution in [2.45, 2.75) is 19.3 Å². The molecule has 0 radical (unpaired) electrons. The number of carbonyl (C=O) groups is 1. The lowest BCUT2D eigenvalue weighted by molar-refractivity contribution is -0.384. The topological polar surface area (TPSA) is 118 Å². The molecule has 1 aromatic carbocycles. The molecule has 3 N–H and O–H groups in total. The maximum absolute atomic E-state index is 11.4. The highest BCUT2D eigenvalue weighted by Crippen LogP contribution is 2.36. The average molecular weight is 315 g/mol. The summed E-state index contributed by atoms with van der Waals surface area (Å²) in [6.45, 7) is 2.70. The number of aromatic amines is 1. The predicted octanol–water partition coefficient (Wildman–Crippen LogP) is 2.10. The normalized spacial score (nSPS) is 17.4. The van der Waals surface area contributed by atoms with Crippen molar-refractivity contribution in [2.75, 3.05) is 23.7 Å². The van der Waals surface area contributed by atoms with Gasteiger partial charge in [0, 0.05) is 30.6 Å². The van der Waals surface area contributed by atoms with Gasteiger partial charge < -0.3 is 10.6 Å². The minimum atomic E-state index is -0.445. The van der Waals surface area contributed by atoms with Gasteiger partial charge in [-0.25, -0.2) is 0 Å². The van der Waals surface area contributed by atoms with E-state index >= 15 is 0 Å². The Hall–Kier alpha value is -2.90. The summed E-state index contributed by atoms with van der Waals surface area (Å²) in [4.78, 5) is 24.3. The van der Waals surface area contributed by atoms with Crippen molar-refractivity contribution in [3.05, 3.63) is 45.8 Å². The molecule has 0 saturated carbocycles. The molecule has 1 fully saturated rings. The van der Waals surface area contributed by atoms with Gasteiger partial charge in [0.2, 0.25) is 0 Å². The number of benzene rings is 1. The first-order valence-corrected chi connectivity index (χ1v) is 7.30. The lowest BCUT2D eigenvalue weighted by Gasteiger charge is -2.19. The van der Waals surface area contributed by atoms with E-state index in [0.717, 1.165) is 12.1 Å². The second-order valence-corrected chi connectivity index (χ2v) is 5.69. The highest BCUT2D eigenvalue weighted by molar-refractivity contribution is 5.95. The molecule has 3 rings (SSSR count). The molecule has 8 nitrogen and oxygen atoms in total. The number of nitrogens with two attached hydrogens (primary N) is 1. The molecule has 8 heteroatoms. The highest BCUT2D eigenvalue weighted by Gasteiger charge is 2.30. The van der Waals surface area contributed by atoms with Crippen molar-refractivity contribution < 1.29 is 9.72 Å². The third-order valence-electron chi connectivity index (χ3n) is 4.22. The van der Waals surface area contributed by atoms with Gasteiger partial charge in [0.15, 0.2) is 5.78 Å². The van der Waals surface area contributed by atoms with Crippen LogP contribution in [0.1, 0.15) is 35.3 Å². The van der Waals surface area contributed by atoms with Crippen LogP contribution in [0.2, 0.25) is 0 Å².